The Morgan fingerprint density at radius 3 is 2.35 bits per heavy atom. The molecule has 1 aromatic carbocycles. The minimum atomic E-state index is -0.584. The predicted molar refractivity (Wildman–Crippen MR) is 133 cm³/mol. The van der Waals surface area contributed by atoms with Crippen molar-refractivity contribution in [3.05, 3.63) is 34.9 Å². The van der Waals surface area contributed by atoms with Crippen LogP contribution in [0.1, 0.15) is 52.0 Å². The number of methoxy groups -OCH3 is 1. The lowest BCUT2D eigenvalue weighted by atomic mass is 9.70. The fourth-order valence-corrected chi connectivity index (χ4v) is 5.38. The van der Waals surface area contributed by atoms with E-state index < -0.39 is 6.04 Å². The van der Waals surface area contributed by atoms with Crippen LogP contribution in [0.5, 0.6) is 0 Å². The maximum Gasteiger partial charge on any atom is 0.248 e. The summed E-state index contributed by atoms with van der Waals surface area (Å²) in [7, 11) is 1.48. The SMILES string of the molecule is COCC(=O)N1CC[C@@H](C(=O)N[C@@H](C(=O)N2CC[C@H](c3ccc(Cl)cc3)C(C)(C)C2)C(C)C)C1. The standard InChI is InChI=1S/C26H38ClN3O4/c1-17(2)23(28-24(32)19-10-12-29(14-19)22(31)15-34-5)25(33)30-13-11-21(26(3,4)16-30)18-6-8-20(27)9-7-18/h6-9,17,19,21,23H,10-16H2,1-5H3,(H,28,32)/t19-,21-,23-/m1/s1. The summed E-state index contributed by atoms with van der Waals surface area (Å²) in [5.74, 6) is -0.315. The van der Waals surface area contributed by atoms with Crippen molar-refractivity contribution in [2.45, 2.75) is 52.5 Å². The van der Waals surface area contributed by atoms with Gasteiger partial charge < -0.3 is 19.9 Å². The minimum Gasteiger partial charge on any atom is -0.375 e. The van der Waals surface area contributed by atoms with Crippen molar-refractivity contribution in [1.82, 2.24) is 15.1 Å². The molecule has 0 aliphatic carbocycles. The van der Waals surface area contributed by atoms with Crippen molar-refractivity contribution in [3.63, 3.8) is 0 Å². The lowest BCUT2D eigenvalue weighted by molar-refractivity contribution is -0.141. The second-order valence-corrected chi connectivity index (χ2v) is 11.1. The Balaban J connectivity index is 1.63. The van der Waals surface area contributed by atoms with E-state index in [-0.39, 0.29) is 41.6 Å². The van der Waals surface area contributed by atoms with Crippen molar-refractivity contribution in [2.24, 2.45) is 17.3 Å². The number of benzene rings is 1. The molecular formula is C26H38ClN3O4. The number of likely N-dealkylation sites (tertiary alicyclic amines) is 2. The Kier molecular flexibility index (Phi) is 8.63. The second kappa shape index (κ2) is 11.1. The number of carbonyl (C=O) groups is 3. The molecule has 1 aromatic rings. The zero-order valence-electron chi connectivity index (χ0n) is 21.0. The van der Waals surface area contributed by atoms with Crippen molar-refractivity contribution in [1.29, 1.82) is 0 Å². The normalized spacial score (nSPS) is 23.1. The highest BCUT2D eigenvalue weighted by Gasteiger charge is 2.41. The maximum absolute atomic E-state index is 13.5. The lowest BCUT2D eigenvalue weighted by Gasteiger charge is -2.45. The molecule has 0 spiro atoms. The summed E-state index contributed by atoms with van der Waals surface area (Å²) in [6, 6.07) is 7.40. The third-order valence-corrected chi connectivity index (χ3v) is 7.48. The summed E-state index contributed by atoms with van der Waals surface area (Å²) in [6.45, 7) is 10.5. The summed E-state index contributed by atoms with van der Waals surface area (Å²) in [5.41, 5.74) is 1.13. The van der Waals surface area contributed by atoms with E-state index in [2.05, 4.69) is 31.3 Å². The molecular weight excluding hydrogens is 454 g/mol. The van der Waals surface area contributed by atoms with Gasteiger partial charge in [-0.2, -0.15) is 0 Å². The summed E-state index contributed by atoms with van der Waals surface area (Å²) in [6.07, 6.45) is 1.46. The molecule has 2 heterocycles. The minimum absolute atomic E-state index is 0.0171. The zero-order valence-corrected chi connectivity index (χ0v) is 21.7. The first-order valence-electron chi connectivity index (χ1n) is 12.1. The monoisotopic (exact) mass is 491 g/mol. The van der Waals surface area contributed by atoms with Gasteiger partial charge in [-0.15, -0.1) is 0 Å². The van der Waals surface area contributed by atoms with Gasteiger partial charge in [0.15, 0.2) is 0 Å². The smallest absolute Gasteiger partial charge is 0.248 e. The van der Waals surface area contributed by atoms with Crippen molar-refractivity contribution < 1.29 is 19.1 Å². The first-order valence-corrected chi connectivity index (χ1v) is 12.5. The number of halogens is 1. The average Bonchev–Trinajstić information content (AvgIpc) is 3.28. The van der Waals surface area contributed by atoms with Crippen LogP contribution in [-0.2, 0) is 19.1 Å². The molecule has 7 nitrogen and oxygen atoms in total. The third-order valence-electron chi connectivity index (χ3n) is 7.22. The number of rotatable bonds is 7. The molecule has 8 heteroatoms. The van der Waals surface area contributed by atoms with E-state index in [9.17, 15) is 14.4 Å². The topological polar surface area (TPSA) is 79.0 Å². The van der Waals surface area contributed by atoms with Crippen molar-refractivity contribution >= 4 is 29.3 Å². The van der Waals surface area contributed by atoms with E-state index in [4.69, 9.17) is 16.3 Å². The van der Waals surface area contributed by atoms with Gasteiger partial charge in [-0.1, -0.05) is 51.4 Å². The summed E-state index contributed by atoms with van der Waals surface area (Å²) in [5, 5.41) is 3.73. The highest BCUT2D eigenvalue weighted by molar-refractivity contribution is 6.30. The lowest BCUT2D eigenvalue weighted by Crippen LogP contribution is -2.56. The Hall–Kier alpha value is -2.12. The molecule has 3 atom stereocenters. The predicted octanol–water partition coefficient (Wildman–Crippen LogP) is 3.32. The summed E-state index contributed by atoms with van der Waals surface area (Å²) >= 11 is 6.06. The second-order valence-electron chi connectivity index (χ2n) is 10.6. The van der Waals surface area contributed by atoms with Gasteiger partial charge in [0.05, 0.1) is 5.92 Å². The molecule has 0 saturated carbocycles. The van der Waals surface area contributed by atoms with Crippen LogP contribution in [0.3, 0.4) is 0 Å². The molecule has 2 fully saturated rings. The number of nitrogens with one attached hydrogen (secondary N) is 1. The van der Waals surface area contributed by atoms with Crippen LogP contribution in [0.25, 0.3) is 0 Å². The van der Waals surface area contributed by atoms with E-state index >= 15 is 0 Å². The number of hydrogen-bond acceptors (Lipinski definition) is 4. The fourth-order valence-electron chi connectivity index (χ4n) is 5.25. The average molecular weight is 492 g/mol. The molecule has 0 radical (unpaired) electrons. The van der Waals surface area contributed by atoms with Crippen LogP contribution in [0, 0.1) is 17.3 Å². The van der Waals surface area contributed by atoms with Gasteiger partial charge in [-0.05, 0) is 47.8 Å². The van der Waals surface area contributed by atoms with E-state index in [1.165, 1.54) is 12.7 Å². The van der Waals surface area contributed by atoms with Crippen LogP contribution in [-0.4, -0.2) is 73.5 Å². The number of nitrogens with zero attached hydrogens (tertiary/aromatic N) is 2. The number of amides is 3. The van der Waals surface area contributed by atoms with E-state index in [0.29, 0.717) is 38.5 Å². The molecule has 3 rings (SSSR count). The molecule has 188 valence electrons. The van der Waals surface area contributed by atoms with Crippen LogP contribution >= 0.6 is 11.6 Å². The first-order chi connectivity index (χ1) is 16.0. The van der Waals surface area contributed by atoms with E-state index in [0.717, 1.165) is 11.4 Å². The van der Waals surface area contributed by atoms with Crippen molar-refractivity contribution in [2.75, 3.05) is 39.9 Å². The van der Waals surface area contributed by atoms with Crippen molar-refractivity contribution in [3.8, 4) is 0 Å². The molecule has 1 N–H and O–H groups in total. The third kappa shape index (κ3) is 6.11. The number of hydrogen-bond donors (Lipinski definition) is 1. The molecule has 2 aliphatic heterocycles. The number of carbonyl (C=O) groups excluding carboxylic acids is 3. The number of ether oxygens (including phenoxy) is 1. The van der Waals surface area contributed by atoms with E-state index in [1.54, 1.807) is 4.90 Å². The summed E-state index contributed by atoms with van der Waals surface area (Å²) in [4.78, 5) is 42.2. The number of piperidine rings is 1. The van der Waals surface area contributed by atoms with E-state index in [1.807, 2.05) is 30.9 Å². The highest BCUT2D eigenvalue weighted by atomic mass is 35.5. The van der Waals surface area contributed by atoms with Gasteiger partial charge in [0.25, 0.3) is 0 Å². The Labute approximate surface area is 208 Å². The summed E-state index contributed by atoms with van der Waals surface area (Å²) < 4.78 is 4.92. The molecule has 34 heavy (non-hydrogen) atoms. The van der Waals surface area contributed by atoms with Gasteiger partial charge in [-0.25, -0.2) is 0 Å². The largest absolute Gasteiger partial charge is 0.375 e. The van der Waals surface area contributed by atoms with Gasteiger partial charge in [0, 0.05) is 38.3 Å². The van der Waals surface area contributed by atoms with Gasteiger partial charge in [0.1, 0.15) is 12.6 Å². The zero-order chi connectivity index (χ0) is 25.0. The molecule has 2 saturated heterocycles. The molecule has 3 amide bonds. The van der Waals surface area contributed by atoms with Gasteiger partial charge in [0.2, 0.25) is 17.7 Å². The van der Waals surface area contributed by atoms with Crippen LogP contribution in [0.4, 0.5) is 0 Å². The molecule has 2 aliphatic rings. The first kappa shape index (κ1) is 26.5. The Morgan fingerprint density at radius 1 is 1.12 bits per heavy atom. The van der Waals surface area contributed by atoms with Gasteiger partial charge in [-0.3, -0.25) is 14.4 Å². The van der Waals surface area contributed by atoms with Crippen LogP contribution in [0.15, 0.2) is 24.3 Å². The Morgan fingerprint density at radius 2 is 1.76 bits per heavy atom. The molecule has 0 unspecified atom stereocenters. The highest BCUT2D eigenvalue weighted by Crippen LogP contribution is 2.42. The Bertz CT molecular complexity index is 887. The van der Waals surface area contributed by atoms with Crippen LogP contribution in [0.2, 0.25) is 5.02 Å². The molecule has 0 aromatic heterocycles. The fraction of sp³-hybridized carbons (Fsp3) is 0.654. The van der Waals surface area contributed by atoms with Gasteiger partial charge >= 0.3 is 0 Å². The van der Waals surface area contributed by atoms with Crippen LogP contribution < -0.4 is 5.32 Å². The molecule has 0 bridgehead atoms. The maximum atomic E-state index is 13.5. The quantitative estimate of drug-likeness (QED) is 0.634.